The molecule has 0 aliphatic carbocycles. The van der Waals surface area contributed by atoms with E-state index in [-0.39, 0.29) is 16.7 Å². The fourth-order valence-corrected chi connectivity index (χ4v) is 5.17. The van der Waals surface area contributed by atoms with Crippen LogP contribution >= 0.6 is 22.7 Å². The number of benzene rings is 1. The van der Waals surface area contributed by atoms with Gasteiger partial charge < -0.3 is 15.5 Å². The quantitative estimate of drug-likeness (QED) is 0.441. The monoisotopic (exact) mass is 473 g/mol. The van der Waals surface area contributed by atoms with Gasteiger partial charge in [-0.05, 0) is 30.7 Å². The number of amides is 1. The molecule has 4 heterocycles. The van der Waals surface area contributed by atoms with E-state index in [1.807, 2.05) is 12.1 Å². The van der Waals surface area contributed by atoms with Gasteiger partial charge in [0.25, 0.3) is 0 Å². The van der Waals surface area contributed by atoms with Crippen molar-refractivity contribution in [3.8, 4) is 0 Å². The first-order chi connectivity index (χ1) is 15.5. The number of hydrogen-bond donors (Lipinski definition) is 2. The fourth-order valence-electron chi connectivity index (χ4n) is 3.48. The van der Waals surface area contributed by atoms with Crippen LogP contribution in [0.1, 0.15) is 12.0 Å². The van der Waals surface area contributed by atoms with E-state index in [0.29, 0.717) is 5.13 Å². The van der Waals surface area contributed by atoms with Gasteiger partial charge in [-0.2, -0.15) is 4.98 Å². The van der Waals surface area contributed by atoms with Crippen LogP contribution in [0.15, 0.2) is 36.5 Å². The highest BCUT2D eigenvalue weighted by Gasteiger charge is 2.26. The van der Waals surface area contributed by atoms with Gasteiger partial charge in [0.2, 0.25) is 16.2 Å². The van der Waals surface area contributed by atoms with Crippen LogP contribution in [0.3, 0.4) is 0 Å². The minimum Gasteiger partial charge on any atom is -0.355 e. The van der Waals surface area contributed by atoms with E-state index in [4.69, 9.17) is 0 Å². The fraction of sp³-hybridized carbons (Fsp3) is 0.250. The Morgan fingerprint density at radius 1 is 1.12 bits per heavy atom. The molecular formula is C20H17F2N7OS2. The van der Waals surface area contributed by atoms with Gasteiger partial charge in [-0.25, -0.2) is 13.8 Å². The minimum atomic E-state index is -0.755. The molecule has 0 unspecified atom stereocenters. The van der Waals surface area contributed by atoms with Gasteiger partial charge in [-0.15, -0.1) is 10.2 Å². The molecule has 1 atom stereocenters. The number of thiazole rings is 1. The van der Waals surface area contributed by atoms with Crippen LogP contribution in [-0.2, 0) is 11.2 Å². The maximum Gasteiger partial charge on any atom is 0.230 e. The van der Waals surface area contributed by atoms with Crippen LogP contribution in [0.2, 0.25) is 0 Å². The number of hydrogen-bond acceptors (Lipinski definition) is 9. The molecule has 2 N–H and O–H groups in total. The lowest BCUT2D eigenvalue weighted by atomic mass is 10.1. The van der Waals surface area contributed by atoms with Crippen LogP contribution in [0.5, 0.6) is 0 Å². The molecule has 12 heteroatoms. The summed E-state index contributed by atoms with van der Waals surface area (Å²) in [6, 6.07) is 7.55. The number of carbonyl (C=O) groups excluding carboxylic acids is 1. The lowest BCUT2D eigenvalue weighted by molar-refractivity contribution is -0.115. The highest BCUT2D eigenvalue weighted by Crippen LogP contribution is 2.31. The van der Waals surface area contributed by atoms with Crippen molar-refractivity contribution in [3.05, 3.63) is 53.7 Å². The van der Waals surface area contributed by atoms with Crippen molar-refractivity contribution in [2.45, 2.75) is 18.9 Å². The highest BCUT2D eigenvalue weighted by atomic mass is 32.1. The van der Waals surface area contributed by atoms with E-state index < -0.39 is 24.0 Å². The molecule has 0 bridgehead atoms. The Bertz CT molecular complexity index is 1220. The van der Waals surface area contributed by atoms with Crippen molar-refractivity contribution in [3.63, 3.8) is 0 Å². The first-order valence-electron chi connectivity index (χ1n) is 9.84. The van der Waals surface area contributed by atoms with E-state index in [1.165, 1.54) is 17.4 Å². The van der Waals surface area contributed by atoms with Crippen molar-refractivity contribution in [1.29, 1.82) is 0 Å². The second kappa shape index (κ2) is 8.71. The summed E-state index contributed by atoms with van der Waals surface area (Å²) in [5, 5.41) is 15.6. The number of fused-ring (bicyclic) bond motifs is 1. The summed E-state index contributed by atoms with van der Waals surface area (Å²) >= 11 is 2.79. The Balaban J connectivity index is 1.17. The van der Waals surface area contributed by atoms with Crippen molar-refractivity contribution in [2.75, 3.05) is 28.6 Å². The molecule has 1 fully saturated rings. The third-order valence-electron chi connectivity index (χ3n) is 5.01. The Kier molecular flexibility index (Phi) is 5.62. The van der Waals surface area contributed by atoms with Crippen molar-refractivity contribution < 1.29 is 13.6 Å². The predicted octanol–water partition coefficient (Wildman–Crippen LogP) is 3.69. The molecule has 8 nitrogen and oxygen atoms in total. The van der Waals surface area contributed by atoms with Crippen LogP contribution in [0.4, 0.5) is 24.2 Å². The SMILES string of the molecule is O=C(Cc1c(F)cccc1F)Nc1nnc(N[C@@H]2CCN(c3nc4ncccc4s3)C2)s1. The normalized spacial score (nSPS) is 15.9. The van der Waals surface area contributed by atoms with Gasteiger partial charge in [-0.1, -0.05) is 28.7 Å². The number of pyridine rings is 1. The number of aromatic nitrogens is 4. The summed E-state index contributed by atoms with van der Waals surface area (Å²) in [7, 11) is 0. The molecule has 1 aliphatic rings. The average Bonchev–Trinajstić information content (AvgIpc) is 3.50. The zero-order chi connectivity index (χ0) is 22.1. The molecule has 0 radical (unpaired) electrons. The maximum atomic E-state index is 13.7. The molecule has 3 aromatic heterocycles. The number of carbonyl (C=O) groups is 1. The Hall–Kier alpha value is -3.25. The Morgan fingerprint density at radius 3 is 2.75 bits per heavy atom. The number of nitrogens with one attached hydrogen (secondary N) is 2. The molecule has 5 rings (SSSR count). The lowest BCUT2D eigenvalue weighted by Gasteiger charge is -2.14. The molecule has 0 spiro atoms. The van der Waals surface area contributed by atoms with Crippen molar-refractivity contribution in [1.82, 2.24) is 20.2 Å². The van der Waals surface area contributed by atoms with Crippen molar-refractivity contribution in [2.24, 2.45) is 0 Å². The zero-order valence-electron chi connectivity index (χ0n) is 16.6. The van der Waals surface area contributed by atoms with Gasteiger partial charge in [0.1, 0.15) is 11.6 Å². The Labute approximate surface area is 189 Å². The first-order valence-corrected chi connectivity index (χ1v) is 11.5. The molecule has 164 valence electrons. The second-order valence-corrected chi connectivity index (χ2v) is 9.22. The van der Waals surface area contributed by atoms with Gasteiger partial charge >= 0.3 is 0 Å². The minimum absolute atomic E-state index is 0.152. The summed E-state index contributed by atoms with van der Waals surface area (Å²) in [5.74, 6) is -2.07. The van der Waals surface area contributed by atoms with Crippen LogP contribution < -0.4 is 15.5 Å². The molecule has 0 saturated carbocycles. The summed E-state index contributed by atoms with van der Waals surface area (Å²) in [6.45, 7) is 1.61. The zero-order valence-corrected chi connectivity index (χ0v) is 18.2. The third-order valence-corrected chi connectivity index (χ3v) is 6.85. The van der Waals surface area contributed by atoms with Crippen LogP contribution in [0.25, 0.3) is 10.3 Å². The highest BCUT2D eigenvalue weighted by molar-refractivity contribution is 7.22. The average molecular weight is 474 g/mol. The van der Waals surface area contributed by atoms with Gasteiger partial charge in [0, 0.05) is 30.9 Å². The molecule has 32 heavy (non-hydrogen) atoms. The van der Waals surface area contributed by atoms with E-state index in [9.17, 15) is 13.6 Å². The number of anilines is 3. The topological polar surface area (TPSA) is 95.9 Å². The van der Waals surface area contributed by atoms with Crippen LogP contribution in [0, 0.1) is 11.6 Å². The molecule has 1 aliphatic heterocycles. The molecule has 4 aromatic rings. The second-order valence-electron chi connectivity index (χ2n) is 7.24. The van der Waals surface area contributed by atoms with Gasteiger partial charge in [0.15, 0.2) is 10.8 Å². The van der Waals surface area contributed by atoms with E-state index in [1.54, 1.807) is 17.5 Å². The van der Waals surface area contributed by atoms with E-state index in [2.05, 4.69) is 35.7 Å². The number of halogens is 2. The molecule has 1 saturated heterocycles. The Morgan fingerprint density at radius 2 is 1.94 bits per heavy atom. The molecule has 1 aromatic carbocycles. The summed E-state index contributed by atoms with van der Waals surface area (Å²) in [6.07, 6.45) is 2.21. The molecule has 1 amide bonds. The largest absolute Gasteiger partial charge is 0.355 e. The van der Waals surface area contributed by atoms with Gasteiger partial charge in [0.05, 0.1) is 11.1 Å². The third kappa shape index (κ3) is 4.36. The predicted molar refractivity (Wildman–Crippen MR) is 120 cm³/mol. The number of rotatable bonds is 6. The van der Waals surface area contributed by atoms with E-state index >= 15 is 0 Å². The summed E-state index contributed by atoms with van der Waals surface area (Å²) in [4.78, 5) is 23.3. The molecular weight excluding hydrogens is 456 g/mol. The standard InChI is InChI=1S/C20H17F2N7OS2/c21-13-3-1-4-14(22)12(13)9-16(30)25-19-28-27-18(32-19)24-11-6-8-29(10-11)20-26-17-15(31-20)5-2-7-23-17/h1-5,7,11H,6,8-10H2,(H,24,27)(H,25,28,30)/t11-/m1/s1. The summed E-state index contributed by atoms with van der Waals surface area (Å²) < 4.78 is 28.5. The van der Waals surface area contributed by atoms with Crippen molar-refractivity contribution >= 4 is 54.3 Å². The smallest absolute Gasteiger partial charge is 0.230 e. The van der Waals surface area contributed by atoms with E-state index in [0.717, 1.165) is 47.1 Å². The summed E-state index contributed by atoms with van der Waals surface area (Å²) in [5.41, 5.74) is 0.479. The first kappa shape index (κ1) is 20.6. The van der Waals surface area contributed by atoms with Crippen LogP contribution in [-0.4, -0.2) is 45.2 Å². The number of nitrogens with zero attached hydrogens (tertiary/aromatic N) is 5. The van der Waals surface area contributed by atoms with Gasteiger partial charge in [-0.3, -0.25) is 4.79 Å². The lowest BCUT2D eigenvalue weighted by Crippen LogP contribution is -2.25. The maximum absolute atomic E-state index is 13.7.